The Morgan fingerprint density at radius 3 is 2.11 bits per heavy atom. The lowest BCUT2D eigenvalue weighted by molar-refractivity contribution is -0.124. The van der Waals surface area contributed by atoms with Gasteiger partial charge in [0.1, 0.15) is 0 Å². The summed E-state index contributed by atoms with van der Waals surface area (Å²) < 4.78 is 0. The zero-order valence-corrected chi connectivity index (χ0v) is 21.0. The van der Waals surface area contributed by atoms with E-state index in [2.05, 4.69) is 10.6 Å². The van der Waals surface area contributed by atoms with E-state index in [0.29, 0.717) is 11.3 Å². The molecule has 0 saturated heterocycles. The molecule has 0 unspecified atom stereocenters. The molecule has 0 fully saturated rings. The van der Waals surface area contributed by atoms with Crippen molar-refractivity contribution in [2.45, 2.75) is 15.7 Å². The fourth-order valence-corrected chi connectivity index (χ4v) is 5.50. The van der Waals surface area contributed by atoms with Crippen LogP contribution in [0.3, 0.4) is 0 Å². The van der Waals surface area contributed by atoms with Crippen LogP contribution in [-0.2, 0) is 9.59 Å². The molecule has 1 heterocycles. The van der Waals surface area contributed by atoms with E-state index in [4.69, 9.17) is 0 Å². The van der Waals surface area contributed by atoms with Crippen LogP contribution < -0.4 is 15.5 Å². The summed E-state index contributed by atoms with van der Waals surface area (Å²) in [6.45, 7) is -0.166. The second kappa shape index (κ2) is 10.7. The number of amides is 3. The first-order valence-electron chi connectivity index (χ1n) is 11.9. The van der Waals surface area contributed by atoms with Gasteiger partial charge in [-0.3, -0.25) is 14.4 Å². The Morgan fingerprint density at radius 2 is 1.43 bits per heavy atom. The van der Waals surface area contributed by atoms with Crippen LogP contribution in [-0.4, -0.2) is 31.3 Å². The van der Waals surface area contributed by atoms with Crippen molar-refractivity contribution in [3.8, 4) is 0 Å². The second-order valence-electron chi connectivity index (χ2n) is 8.67. The third-order valence-electron chi connectivity index (χ3n) is 6.20. The van der Waals surface area contributed by atoms with E-state index in [0.717, 1.165) is 26.6 Å². The van der Waals surface area contributed by atoms with Crippen LogP contribution in [0.25, 0.3) is 0 Å². The molecule has 0 radical (unpaired) electrons. The van der Waals surface area contributed by atoms with Crippen LogP contribution in [0.4, 0.5) is 11.4 Å². The Hall–Kier alpha value is -4.36. The van der Waals surface area contributed by atoms with E-state index in [1.807, 2.05) is 97.1 Å². The van der Waals surface area contributed by atoms with Crippen molar-refractivity contribution >= 4 is 40.9 Å². The predicted octanol–water partition coefficient (Wildman–Crippen LogP) is 5.31. The van der Waals surface area contributed by atoms with Crippen molar-refractivity contribution < 1.29 is 14.4 Å². The zero-order chi connectivity index (χ0) is 25.8. The number of nitrogens with zero attached hydrogens (tertiary/aromatic N) is 1. The normalized spacial score (nSPS) is 12.4. The highest BCUT2D eigenvalue weighted by Gasteiger charge is 2.25. The van der Waals surface area contributed by atoms with Gasteiger partial charge >= 0.3 is 0 Å². The number of carbonyl (C=O) groups excluding carboxylic acids is 3. The van der Waals surface area contributed by atoms with Gasteiger partial charge in [-0.15, -0.1) is 0 Å². The predicted molar refractivity (Wildman–Crippen MR) is 146 cm³/mol. The average molecular weight is 508 g/mol. The highest BCUT2D eigenvalue weighted by molar-refractivity contribution is 7.99. The Morgan fingerprint density at radius 1 is 0.811 bits per heavy atom. The van der Waals surface area contributed by atoms with Crippen molar-refractivity contribution in [1.82, 2.24) is 5.32 Å². The second-order valence-corrected chi connectivity index (χ2v) is 9.75. The molecule has 184 valence electrons. The summed E-state index contributed by atoms with van der Waals surface area (Å²) in [4.78, 5) is 42.2. The van der Waals surface area contributed by atoms with E-state index in [1.54, 1.807) is 18.0 Å². The summed E-state index contributed by atoms with van der Waals surface area (Å²) >= 11 is 1.49. The fraction of sp³-hybridized carbons (Fsp3) is 0.100. The summed E-state index contributed by atoms with van der Waals surface area (Å²) in [5.74, 6) is -1.18. The fourth-order valence-electron chi connectivity index (χ4n) is 4.35. The monoisotopic (exact) mass is 507 g/mol. The number of benzene rings is 4. The SMILES string of the molecule is CN1C(=O)c2ccccc2Sc2cc(NC(=O)CNC(=O)C(c3ccccc3)c3ccccc3)ccc21. The molecule has 0 saturated carbocycles. The molecule has 3 amide bonds. The number of nitrogens with one attached hydrogen (secondary N) is 2. The number of hydrogen-bond acceptors (Lipinski definition) is 4. The molecule has 0 aromatic heterocycles. The van der Waals surface area contributed by atoms with Gasteiger partial charge in [-0.05, 0) is 41.5 Å². The molecular weight excluding hydrogens is 482 g/mol. The van der Waals surface area contributed by atoms with Gasteiger partial charge in [-0.2, -0.15) is 0 Å². The van der Waals surface area contributed by atoms with Crippen molar-refractivity contribution in [2.24, 2.45) is 0 Å². The number of carbonyl (C=O) groups is 3. The molecule has 0 bridgehead atoms. The van der Waals surface area contributed by atoms with Crippen LogP contribution in [0, 0.1) is 0 Å². The Kier molecular flexibility index (Phi) is 7.05. The number of hydrogen-bond donors (Lipinski definition) is 2. The summed E-state index contributed by atoms with van der Waals surface area (Å²) in [7, 11) is 1.74. The molecule has 37 heavy (non-hydrogen) atoms. The minimum Gasteiger partial charge on any atom is -0.346 e. The minimum atomic E-state index is -0.521. The lowest BCUT2D eigenvalue weighted by Crippen LogP contribution is -2.36. The maximum absolute atomic E-state index is 13.2. The van der Waals surface area contributed by atoms with Gasteiger partial charge in [-0.1, -0.05) is 84.6 Å². The maximum Gasteiger partial charge on any atom is 0.259 e. The Labute approximate surface area is 219 Å². The smallest absolute Gasteiger partial charge is 0.259 e. The van der Waals surface area contributed by atoms with Crippen LogP contribution in [0.15, 0.2) is 113 Å². The van der Waals surface area contributed by atoms with Gasteiger partial charge < -0.3 is 15.5 Å². The molecule has 0 spiro atoms. The summed E-state index contributed by atoms with van der Waals surface area (Å²) in [5, 5.41) is 5.65. The summed E-state index contributed by atoms with van der Waals surface area (Å²) in [6, 6.07) is 31.9. The van der Waals surface area contributed by atoms with Gasteiger partial charge in [0.25, 0.3) is 5.91 Å². The molecule has 7 heteroatoms. The molecule has 0 atom stereocenters. The van der Waals surface area contributed by atoms with Crippen LogP contribution in [0.2, 0.25) is 0 Å². The minimum absolute atomic E-state index is 0.0762. The number of rotatable bonds is 6. The van der Waals surface area contributed by atoms with Gasteiger partial charge in [-0.25, -0.2) is 0 Å². The van der Waals surface area contributed by atoms with Crippen molar-refractivity contribution in [3.05, 3.63) is 120 Å². The third-order valence-corrected chi connectivity index (χ3v) is 7.32. The maximum atomic E-state index is 13.2. The standard InChI is InChI=1S/C30H25N3O3S/c1-33-24-17-16-22(18-26(24)37-25-15-9-8-14-23(25)30(33)36)32-27(34)19-31-29(35)28(20-10-4-2-5-11-20)21-12-6-3-7-13-21/h2-18,28H,19H2,1H3,(H,31,35)(H,32,34). The summed E-state index contributed by atoms with van der Waals surface area (Å²) in [6.07, 6.45) is 0. The van der Waals surface area contributed by atoms with Gasteiger partial charge in [0.15, 0.2) is 0 Å². The van der Waals surface area contributed by atoms with Crippen molar-refractivity contribution in [2.75, 3.05) is 23.8 Å². The topological polar surface area (TPSA) is 78.5 Å². The van der Waals surface area contributed by atoms with E-state index in [9.17, 15) is 14.4 Å². The van der Waals surface area contributed by atoms with Gasteiger partial charge in [0, 0.05) is 22.5 Å². The molecule has 4 aromatic carbocycles. The number of anilines is 2. The van der Waals surface area contributed by atoms with Crippen LogP contribution in [0.1, 0.15) is 27.4 Å². The van der Waals surface area contributed by atoms with Gasteiger partial charge in [0.05, 0.1) is 23.7 Å². The highest BCUT2D eigenvalue weighted by Crippen LogP contribution is 2.42. The highest BCUT2D eigenvalue weighted by atomic mass is 32.2. The average Bonchev–Trinajstić information content (AvgIpc) is 3.03. The van der Waals surface area contributed by atoms with Crippen molar-refractivity contribution in [3.63, 3.8) is 0 Å². The Bertz CT molecular complexity index is 1420. The lowest BCUT2D eigenvalue weighted by Gasteiger charge is -2.19. The molecule has 6 nitrogen and oxygen atoms in total. The summed E-state index contributed by atoms with van der Waals surface area (Å²) in [5.41, 5.74) is 3.71. The van der Waals surface area contributed by atoms with Crippen molar-refractivity contribution in [1.29, 1.82) is 0 Å². The molecule has 1 aliphatic rings. The largest absolute Gasteiger partial charge is 0.346 e. The van der Waals surface area contributed by atoms with E-state index >= 15 is 0 Å². The molecule has 2 N–H and O–H groups in total. The quantitative estimate of drug-likeness (QED) is 0.371. The van der Waals surface area contributed by atoms with E-state index < -0.39 is 5.92 Å². The zero-order valence-electron chi connectivity index (χ0n) is 20.2. The Balaban J connectivity index is 1.29. The molecule has 0 aliphatic carbocycles. The molecule has 4 aromatic rings. The first-order chi connectivity index (χ1) is 18.0. The molecule has 5 rings (SSSR count). The third kappa shape index (κ3) is 5.27. The van der Waals surface area contributed by atoms with Crippen LogP contribution >= 0.6 is 11.8 Å². The lowest BCUT2D eigenvalue weighted by atomic mass is 9.90. The van der Waals surface area contributed by atoms with Crippen LogP contribution in [0.5, 0.6) is 0 Å². The first kappa shape index (κ1) is 24.3. The van der Waals surface area contributed by atoms with Gasteiger partial charge in [0.2, 0.25) is 11.8 Å². The van der Waals surface area contributed by atoms with E-state index in [-0.39, 0.29) is 24.3 Å². The van der Waals surface area contributed by atoms with E-state index in [1.165, 1.54) is 11.8 Å². The first-order valence-corrected chi connectivity index (χ1v) is 12.7. The molecular formula is C30H25N3O3S. The number of fused-ring (bicyclic) bond motifs is 2. The molecule has 1 aliphatic heterocycles.